The summed E-state index contributed by atoms with van der Waals surface area (Å²) in [5.74, 6) is 0. The first kappa shape index (κ1) is 16.5. The number of hydrogen-bond acceptors (Lipinski definition) is 2. The van der Waals surface area contributed by atoms with E-state index in [4.69, 9.17) is 0 Å². The third-order valence-electron chi connectivity index (χ3n) is 4.93. The van der Waals surface area contributed by atoms with E-state index in [1.807, 2.05) is 77.4 Å². The van der Waals surface area contributed by atoms with Gasteiger partial charge in [-0.25, -0.2) is 4.79 Å². The largest absolute Gasteiger partial charge is 0.352 e. The first-order valence-electron chi connectivity index (χ1n) is 9.27. The number of rotatable bonds is 2. The lowest BCUT2D eigenvalue weighted by atomic mass is 10.0. The molecule has 0 amide bonds. The Kier molecular flexibility index (Phi) is 4.78. The summed E-state index contributed by atoms with van der Waals surface area (Å²) < 4.78 is 1.81. The van der Waals surface area contributed by atoms with Crippen molar-refractivity contribution in [2.45, 2.75) is 32.1 Å². The van der Waals surface area contributed by atoms with Gasteiger partial charge in [0.2, 0.25) is 0 Å². The highest BCUT2D eigenvalue weighted by atomic mass is 16.1. The van der Waals surface area contributed by atoms with E-state index in [1.54, 1.807) is 0 Å². The van der Waals surface area contributed by atoms with Gasteiger partial charge >= 0.3 is 5.69 Å². The van der Waals surface area contributed by atoms with Crippen LogP contribution in [0.4, 0.5) is 0 Å². The Morgan fingerprint density at radius 1 is 0.846 bits per heavy atom. The van der Waals surface area contributed by atoms with E-state index < -0.39 is 0 Å². The lowest BCUT2D eigenvalue weighted by molar-refractivity contribution is 0.703. The maximum Gasteiger partial charge on any atom is 0.352 e. The SMILES string of the molecule is O=c1nc(-c2ccccc2)c2c(n1C1=CC=CC=CC=C1)CCCCC2. The highest BCUT2D eigenvalue weighted by molar-refractivity contribution is 5.67. The molecule has 0 aliphatic heterocycles. The van der Waals surface area contributed by atoms with Crippen molar-refractivity contribution in [1.82, 2.24) is 9.55 Å². The normalized spacial score (nSPS) is 16.4. The zero-order valence-corrected chi connectivity index (χ0v) is 14.8. The van der Waals surface area contributed by atoms with Crippen LogP contribution in [0, 0.1) is 0 Å². The summed E-state index contributed by atoms with van der Waals surface area (Å²) in [7, 11) is 0. The van der Waals surface area contributed by atoms with Gasteiger partial charge < -0.3 is 0 Å². The van der Waals surface area contributed by atoms with Crippen LogP contribution in [0.1, 0.15) is 30.5 Å². The molecule has 0 saturated heterocycles. The molecular formula is C23H22N2O. The standard InChI is InChI=1S/C23H22N2O/c26-23-24-22(18-12-6-4-7-13-18)20-16-10-5-11-17-21(20)25(23)19-14-8-2-1-3-9-15-19/h1-4,6-9,12-15H,5,10-11,16-17H2. The maximum absolute atomic E-state index is 13.0. The molecule has 0 bridgehead atoms. The minimum absolute atomic E-state index is 0.196. The van der Waals surface area contributed by atoms with Gasteiger partial charge in [-0.1, -0.05) is 67.1 Å². The third kappa shape index (κ3) is 3.25. The average Bonchev–Trinajstić information content (AvgIpc) is 2.89. The second kappa shape index (κ2) is 7.52. The smallest absolute Gasteiger partial charge is 0.265 e. The van der Waals surface area contributed by atoms with Gasteiger partial charge in [0, 0.05) is 11.3 Å². The molecule has 0 radical (unpaired) electrons. The molecule has 0 atom stereocenters. The van der Waals surface area contributed by atoms with Crippen molar-refractivity contribution in [2.24, 2.45) is 0 Å². The highest BCUT2D eigenvalue weighted by Gasteiger charge is 2.21. The molecule has 1 aromatic heterocycles. The Bertz CT molecular complexity index is 975. The zero-order valence-electron chi connectivity index (χ0n) is 14.8. The molecule has 4 rings (SSSR count). The Morgan fingerprint density at radius 2 is 1.62 bits per heavy atom. The van der Waals surface area contributed by atoms with Crippen molar-refractivity contribution < 1.29 is 0 Å². The van der Waals surface area contributed by atoms with Gasteiger partial charge in [0.15, 0.2) is 0 Å². The molecule has 26 heavy (non-hydrogen) atoms. The Hall–Kier alpha value is -2.94. The van der Waals surface area contributed by atoms with Crippen LogP contribution in [0.5, 0.6) is 0 Å². The van der Waals surface area contributed by atoms with E-state index in [1.165, 1.54) is 12.0 Å². The number of hydrogen-bond donors (Lipinski definition) is 0. The molecule has 3 heteroatoms. The summed E-state index contributed by atoms with van der Waals surface area (Å²) in [5, 5.41) is 0. The number of allylic oxidation sites excluding steroid dienone is 8. The first-order valence-corrected chi connectivity index (χ1v) is 9.27. The summed E-state index contributed by atoms with van der Waals surface area (Å²) in [6, 6.07) is 10.1. The second-order valence-corrected chi connectivity index (χ2v) is 6.65. The van der Waals surface area contributed by atoms with E-state index in [0.29, 0.717) is 0 Å². The van der Waals surface area contributed by atoms with Crippen LogP contribution >= 0.6 is 0 Å². The summed E-state index contributed by atoms with van der Waals surface area (Å²) in [4.78, 5) is 17.5. The zero-order chi connectivity index (χ0) is 17.8. The third-order valence-corrected chi connectivity index (χ3v) is 4.93. The van der Waals surface area contributed by atoms with E-state index in [0.717, 1.165) is 48.3 Å². The molecule has 3 nitrogen and oxygen atoms in total. The topological polar surface area (TPSA) is 34.9 Å². The van der Waals surface area contributed by atoms with Crippen LogP contribution in [0.3, 0.4) is 0 Å². The fraction of sp³-hybridized carbons (Fsp3) is 0.217. The fourth-order valence-electron chi connectivity index (χ4n) is 3.70. The van der Waals surface area contributed by atoms with Gasteiger partial charge in [-0.15, -0.1) is 0 Å². The second-order valence-electron chi connectivity index (χ2n) is 6.65. The van der Waals surface area contributed by atoms with Gasteiger partial charge in [-0.3, -0.25) is 4.57 Å². The molecule has 0 unspecified atom stereocenters. The van der Waals surface area contributed by atoms with Crippen molar-refractivity contribution >= 4 is 5.70 Å². The van der Waals surface area contributed by atoms with Crippen molar-refractivity contribution in [2.75, 3.05) is 0 Å². The van der Waals surface area contributed by atoms with Crippen LogP contribution < -0.4 is 5.69 Å². The highest BCUT2D eigenvalue weighted by Crippen LogP contribution is 2.29. The van der Waals surface area contributed by atoms with Gasteiger partial charge in [-0.2, -0.15) is 4.98 Å². The van der Waals surface area contributed by atoms with E-state index in [-0.39, 0.29) is 5.69 Å². The molecule has 2 aliphatic carbocycles. The molecule has 0 spiro atoms. The summed E-state index contributed by atoms with van der Waals surface area (Å²) in [6.45, 7) is 0. The maximum atomic E-state index is 13.0. The van der Waals surface area contributed by atoms with Gasteiger partial charge in [0.05, 0.1) is 11.4 Å². The molecule has 2 aliphatic rings. The number of benzene rings is 1. The Balaban J connectivity index is 1.95. The number of nitrogens with zero attached hydrogens (tertiary/aromatic N) is 2. The molecule has 0 fully saturated rings. The van der Waals surface area contributed by atoms with Crippen LogP contribution in [-0.2, 0) is 12.8 Å². The van der Waals surface area contributed by atoms with Gasteiger partial charge in [0.1, 0.15) is 0 Å². The number of aromatic nitrogens is 2. The minimum Gasteiger partial charge on any atom is -0.265 e. The van der Waals surface area contributed by atoms with Crippen molar-refractivity contribution in [3.05, 3.63) is 94.6 Å². The van der Waals surface area contributed by atoms with Crippen LogP contribution in [0.2, 0.25) is 0 Å². The summed E-state index contributed by atoms with van der Waals surface area (Å²) >= 11 is 0. The molecule has 2 aromatic rings. The lowest BCUT2D eigenvalue weighted by Crippen LogP contribution is -2.27. The molecule has 0 saturated carbocycles. The Labute approximate surface area is 153 Å². The Morgan fingerprint density at radius 3 is 2.50 bits per heavy atom. The van der Waals surface area contributed by atoms with Gasteiger partial charge in [-0.05, 0) is 43.4 Å². The summed E-state index contributed by atoms with van der Waals surface area (Å²) in [6.07, 6.45) is 19.1. The monoisotopic (exact) mass is 342 g/mol. The molecule has 1 aromatic carbocycles. The number of fused-ring (bicyclic) bond motifs is 1. The van der Waals surface area contributed by atoms with Crippen molar-refractivity contribution in [3.63, 3.8) is 0 Å². The van der Waals surface area contributed by atoms with Crippen LogP contribution in [0.25, 0.3) is 17.0 Å². The quantitative estimate of drug-likeness (QED) is 0.741. The predicted octanol–water partition coefficient (Wildman–Crippen LogP) is 4.70. The van der Waals surface area contributed by atoms with E-state index >= 15 is 0 Å². The first-order chi connectivity index (χ1) is 12.8. The predicted molar refractivity (Wildman–Crippen MR) is 107 cm³/mol. The fourth-order valence-corrected chi connectivity index (χ4v) is 3.70. The van der Waals surface area contributed by atoms with Crippen molar-refractivity contribution in [3.8, 4) is 11.3 Å². The molecular weight excluding hydrogens is 320 g/mol. The van der Waals surface area contributed by atoms with E-state index in [9.17, 15) is 4.79 Å². The van der Waals surface area contributed by atoms with Gasteiger partial charge in [0.25, 0.3) is 0 Å². The average molecular weight is 342 g/mol. The van der Waals surface area contributed by atoms with E-state index in [2.05, 4.69) is 4.98 Å². The summed E-state index contributed by atoms with van der Waals surface area (Å²) in [5.41, 5.74) is 4.91. The lowest BCUT2D eigenvalue weighted by Gasteiger charge is -2.18. The molecule has 0 N–H and O–H groups in total. The van der Waals surface area contributed by atoms with Crippen molar-refractivity contribution in [1.29, 1.82) is 0 Å². The molecule has 130 valence electrons. The molecule has 1 heterocycles. The van der Waals surface area contributed by atoms with Crippen LogP contribution in [0.15, 0.2) is 77.7 Å². The minimum atomic E-state index is -0.196. The van der Waals surface area contributed by atoms with Crippen LogP contribution in [-0.4, -0.2) is 9.55 Å².